The number of halogens is 1. The van der Waals surface area contributed by atoms with Gasteiger partial charge >= 0.3 is 0 Å². The van der Waals surface area contributed by atoms with Crippen molar-refractivity contribution in [1.29, 1.82) is 0 Å². The molecule has 0 aliphatic heterocycles. The normalized spacial score (nSPS) is 15.3. The first-order valence-corrected chi connectivity index (χ1v) is 12.0. The van der Waals surface area contributed by atoms with Crippen molar-refractivity contribution in [3.8, 4) is 5.75 Å². The van der Waals surface area contributed by atoms with Gasteiger partial charge in [-0.1, -0.05) is 18.2 Å². The lowest BCUT2D eigenvalue weighted by Gasteiger charge is -2.18. The van der Waals surface area contributed by atoms with Gasteiger partial charge in [0.1, 0.15) is 17.4 Å². The highest BCUT2D eigenvalue weighted by atomic mass is 32.2. The van der Waals surface area contributed by atoms with Crippen molar-refractivity contribution in [1.82, 2.24) is 4.98 Å². The Morgan fingerprint density at radius 2 is 1.79 bits per heavy atom. The van der Waals surface area contributed by atoms with Crippen LogP contribution in [0.1, 0.15) is 23.6 Å². The van der Waals surface area contributed by atoms with Gasteiger partial charge in [-0.05, 0) is 73.0 Å². The maximum Gasteiger partial charge on any atom is 0.261 e. The van der Waals surface area contributed by atoms with Crippen molar-refractivity contribution in [3.05, 3.63) is 89.7 Å². The quantitative estimate of drug-likeness (QED) is 0.407. The molecule has 0 bridgehead atoms. The number of hydrogen-bond acceptors (Lipinski definition) is 5. The van der Waals surface area contributed by atoms with Crippen LogP contribution in [0.5, 0.6) is 5.75 Å². The molecular formula is C25H22FN3O3S. The van der Waals surface area contributed by atoms with Gasteiger partial charge in [0.2, 0.25) is 0 Å². The minimum absolute atomic E-state index is 0.0130. The van der Waals surface area contributed by atoms with Crippen molar-refractivity contribution in [3.63, 3.8) is 0 Å². The molecule has 1 aromatic heterocycles. The van der Waals surface area contributed by atoms with Gasteiger partial charge in [-0.3, -0.25) is 4.72 Å². The van der Waals surface area contributed by atoms with E-state index in [1.165, 1.54) is 17.7 Å². The molecule has 0 amide bonds. The molecule has 2 N–H and O–H groups in total. The zero-order valence-corrected chi connectivity index (χ0v) is 18.7. The fourth-order valence-electron chi connectivity index (χ4n) is 4.29. The van der Waals surface area contributed by atoms with Gasteiger partial charge in [0.05, 0.1) is 29.3 Å². The van der Waals surface area contributed by atoms with Gasteiger partial charge in [-0.25, -0.2) is 17.8 Å². The van der Waals surface area contributed by atoms with E-state index in [4.69, 9.17) is 9.72 Å². The van der Waals surface area contributed by atoms with Crippen LogP contribution in [0.2, 0.25) is 0 Å². The minimum atomic E-state index is -3.87. The van der Waals surface area contributed by atoms with E-state index in [2.05, 4.69) is 16.1 Å². The van der Waals surface area contributed by atoms with E-state index >= 15 is 0 Å². The predicted octanol–water partition coefficient (Wildman–Crippen LogP) is 5.28. The van der Waals surface area contributed by atoms with E-state index in [0.717, 1.165) is 36.3 Å². The van der Waals surface area contributed by atoms with Crippen molar-refractivity contribution in [2.24, 2.45) is 0 Å². The third kappa shape index (κ3) is 4.09. The molecule has 0 radical (unpaired) electrons. The van der Waals surface area contributed by atoms with E-state index in [1.54, 1.807) is 19.2 Å². The van der Waals surface area contributed by atoms with E-state index in [-0.39, 0.29) is 10.9 Å². The Labute approximate surface area is 191 Å². The van der Waals surface area contributed by atoms with Crippen molar-refractivity contribution < 1.29 is 17.5 Å². The smallest absolute Gasteiger partial charge is 0.261 e. The molecule has 0 saturated heterocycles. The molecule has 0 fully saturated rings. The average Bonchev–Trinajstić information content (AvgIpc) is 3.22. The van der Waals surface area contributed by atoms with Crippen LogP contribution in [0.3, 0.4) is 0 Å². The molecule has 1 aliphatic rings. The second kappa shape index (κ2) is 8.37. The molecule has 3 aromatic carbocycles. The van der Waals surface area contributed by atoms with Gasteiger partial charge < -0.3 is 10.1 Å². The average molecular weight is 464 g/mol. The van der Waals surface area contributed by atoms with Crippen LogP contribution in [0.25, 0.3) is 10.9 Å². The first-order valence-electron chi connectivity index (χ1n) is 10.5. The van der Waals surface area contributed by atoms with Crippen LogP contribution in [0, 0.1) is 5.82 Å². The zero-order chi connectivity index (χ0) is 23.0. The molecule has 6 nitrogen and oxygen atoms in total. The lowest BCUT2D eigenvalue weighted by atomic mass is 10.1. The molecule has 4 aromatic rings. The minimum Gasteiger partial charge on any atom is -0.496 e. The SMILES string of the molecule is COc1cccc2c1C(Nc1ccc3c(NS(=O)(=O)c4ccc(F)cc4)cccc3n1)CC2. The number of sulfonamides is 1. The molecule has 1 atom stereocenters. The highest BCUT2D eigenvalue weighted by Gasteiger charge is 2.26. The molecular weight excluding hydrogens is 441 g/mol. The van der Waals surface area contributed by atoms with Gasteiger partial charge in [-0.15, -0.1) is 0 Å². The summed E-state index contributed by atoms with van der Waals surface area (Å²) in [6, 6.07) is 19.8. The highest BCUT2D eigenvalue weighted by molar-refractivity contribution is 7.92. The number of aromatic nitrogens is 1. The predicted molar refractivity (Wildman–Crippen MR) is 127 cm³/mol. The molecule has 8 heteroatoms. The van der Waals surface area contributed by atoms with E-state index in [1.807, 2.05) is 30.3 Å². The van der Waals surface area contributed by atoms with Gasteiger partial charge in [0.25, 0.3) is 10.0 Å². The second-order valence-electron chi connectivity index (χ2n) is 7.90. The first-order chi connectivity index (χ1) is 15.9. The third-order valence-corrected chi connectivity index (χ3v) is 7.23. The summed E-state index contributed by atoms with van der Waals surface area (Å²) in [6.07, 6.45) is 1.90. The molecule has 168 valence electrons. The standard InChI is InChI=1S/C25H22FN3O3S/c1-32-23-7-2-4-16-8-14-22(25(16)23)28-24-15-13-19-20(27-24)5-3-6-21(19)29-33(30,31)18-11-9-17(26)10-12-18/h2-7,9-13,15,22,29H,8,14H2,1H3,(H,27,28). The Bertz CT molecular complexity index is 1440. The fourth-order valence-corrected chi connectivity index (χ4v) is 5.37. The number of ether oxygens (including phenoxy) is 1. The summed E-state index contributed by atoms with van der Waals surface area (Å²) in [4.78, 5) is 4.69. The Hall–Kier alpha value is -3.65. The number of methoxy groups -OCH3 is 1. The number of hydrogen-bond donors (Lipinski definition) is 2. The molecule has 1 heterocycles. The summed E-state index contributed by atoms with van der Waals surface area (Å²) >= 11 is 0. The number of aryl methyl sites for hydroxylation is 1. The Morgan fingerprint density at radius 3 is 2.58 bits per heavy atom. The zero-order valence-electron chi connectivity index (χ0n) is 17.9. The van der Waals surface area contributed by atoms with Crippen molar-refractivity contribution in [2.45, 2.75) is 23.8 Å². The molecule has 1 unspecified atom stereocenters. The fraction of sp³-hybridized carbons (Fsp3) is 0.160. The molecule has 33 heavy (non-hydrogen) atoms. The number of nitrogens with one attached hydrogen (secondary N) is 2. The van der Waals surface area contributed by atoms with Crippen LogP contribution in [0.15, 0.2) is 77.7 Å². The molecule has 0 saturated carbocycles. The van der Waals surface area contributed by atoms with E-state index < -0.39 is 15.8 Å². The number of benzene rings is 3. The lowest BCUT2D eigenvalue weighted by Crippen LogP contribution is -2.13. The Kier molecular flexibility index (Phi) is 5.38. The summed E-state index contributed by atoms with van der Waals surface area (Å²) in [6.45, 7) is 0. The monoisotopic (exact) mass is 463 g/mol. The molecule has 5 rings (SSSR count). The summed E-state index contributed by atoms with van der Waals surface area (Å²) < 4.78 is 46.8. The number of nitrogens with zero attached hydrogens (tertiary/aromatic N) is 1. The number of fused-ring (bicyclic) bond motifs is 2. The maximum atomic E-state index is 13.2. The van der Waals surface area contributed by atoms with E-state index in [0.29, 0.717) is 22.4 Å². The maximum absolute atomic E-state index is 13.2. The van der Waals surface area contributed by atoms with Gasteiger partial charge in [0, 0.05) is 10.9 Å². The first kappa shape index (κ1) is 21.2. The highest BCUT2D eigenvalue weighted by Crippen LogP contribution is 2.39. The topological polar surface area (TPSA) is 80.3 Å². The molecule has 0 spiro atoms. The Morgan fingerprint density at radius 1 is 1.00 bits per heavy atom. The summed E-state index contributed by atoms with van der Waals surface area (Å²) in [5.41, 5.74) is 3.48. The van der Waals surface area contributed by atoms with Crippen LogP contribution >= 0.6 is 0 Å². The Balaban J connectivity index is 1.43. The summed E-state index contributed by atoms with van der Waals surface area (Å²) in [5.74, 6) is 1.07. The van der Waals surface area contributed by atoms with Crippen LogP contribution in [-0.2, 0) is 16.4 Å². The third-order valence-electron chi connectivity index (χ3n) is 5.85. The molecule has 1 aliphatic carbocycles. The lowest BCUT2D eigenvalue weighted by molar-refractivity contribution is 0.408. The van der Waals surface area contributed by atoms with Gasteiger partial charge in [0.15, 0.2) is 0 Å². The van der Waals surface area contributed by atoms with Gasteiger partial charge in [-0.2, -0.15) is 0 Å². The van der Waals surface area contributed by atoms with E-state index in [9.17, 15) is 12.8 Å². The number of anilines is 2. The second-order valence-corrected chi connectivity index (χ2v) is 9.58. The van der Waals surface area contributed by atoms with Crippen molar-refractivity contribution in [2.75, 3.05) is 17.1 Å². The van der Waals surface area contributed by atoms with Crippen LogP contribution in [0.4, 0.5) is 15.9 Å². The summed E-state index contributed by atoms with van der Waals surface area (Å²) in [7, 11) is -2.19. The number of rotatable bonds is 6. The van der Waals surface area contributed by atoms with Crippen LogP contribution in [-0.4, -0.2) is 20.5 Å². The largest absolute Gasteiger partial charge is 0.496 e. The van der Waals surface area contributed by atoms with Crippen molar-refractivity contribution >= 4 is 32.4 Å². The number of pyridine rings is 1. The summed E-state index contributed by atoms with van der Waals surface area (Å²) in [5, 5.41) is 4.16. The van der Waals surface area contributed by atoms with Crippen LogP contribution < -0.4 is 14.8 Å².